The number of aromatic amines is 1. The van der Waals surface area contributed by atoms with Gasteiger partial charge in [0, 0.05) is 17.9 Å². The van der Waals surface area contributed by atoms with Crippen LogP contribution in [0.25, 0.3) is 0 Å². The van der Waals surface area contributed by atoms with Crippen molar-refractivity contribution in [3.05, 3.63) is 45.8 Å². The second-order valence-corrected chi connectivity index (χ2v) is 7.82. The van der Waals surface area contributed by atoms with E-state index in [0.717, 1.165) is 11.3 Å². The van der Waals surface area contributed by atoms with Gasteiger partial charge in [0.2, 0.25) is 5.91 Å². The number of hydrogen-bond acceptors (Lipinski definition) is 7. The molecule has 2 rings (SSSR count). The van der Waals surface area contributed by atoms with Crippen molar-refractivity contribution in [2.75, 3.05) is 20.3 Å². The number of amides is 1. The molecule has 160 valence electrons. The molecule has 1 N–H and O–H groups in total. The normalized spacial score (nSPS) is 17.5. The molecule has 1 aromatic heterocycles. The lowest BCUT2D eigenvalue weighted by Gasteiger charge is -2.15. The minimum Gasteiger partial charge on any atom is -0.465 e. The van der Waals surface area contributed by atoms with Gasteiger partial charge in [-0.15, -0.1) is 0 Å². The predicted molar refractivity (Wildman–Crippen MR) is 112 cm³/mol. The molecule has 9 heteroatoms. The van der Waals surface area contributed by atoms with Crippen molar-refractivity contribution in [2.24, 2.45) is 0 Å². The third-order valence-electron chi connectivity index (χ3n) is 4.77. The second kappa shape index (κ2) is 10.2. The van der Waals surface area contributed by atoms with E-state index in [2.05, 4.69) is 11.6 Å². The minimum atomic E-state index is -0.781. The van der Waals surface area contributed by atoms with Crippen LogP contribution in [0.1, 0.15) is 40.7 Å². The number of nitrogens with one attached hydrogen (secondary N) is 1. The van der Waals surface area contributed by atoms with Crippen LogP contribution in [0.15, 0.2) is 23.3 Å². The Kier molecular flexibility index (Phi) is 7.89. The Morgan fingerprint density at radius 3 is 2.63 bits per heavy atom. The van der Waals surface area contributed by atoms with Crippen molar-refractivity contribution in [3.8, 4) is 6.07 Å². The van der Waals surface area contributed by atoms with Crippen molar-refractivity contribution in [3.63, 3.8) is 0 Å². The van der Waals surface area contributed by atoms with Crippen LogP contribution < -0.4 is 0 Å². The zero-order chi connectivity index (χ0) is 22.4. The maximum absolute atomic E-state index is 12.9. The Hall–Kier alpha value is -2.99. The summed E-state index contributed by atoms with van der Waals surface area (Å²) in [6.45, 7) is 9.23. The first-order valence-electron chi connectivity index (χ1n) is 9.47. The molecular formula is C21H25N3O5S. The Labute approximate surface area is 179 Å². The quantitative estimate of drug-likeness (QED) is 0.291. The molecule has 1 atom stereocenters. The van der Waals surface area contributed by atoms with Crippen molar-refractivity contribution in [1.29, 1.82) is 5.26 Å². The number of nitriles is 1. The average molecular weight is 432 g/mol. The molecule has 0 spiro atoms. The number of aryl methyl sites for hydroxylation is 2. The molecule has 1 aliphatic rings. The monoisotopic (exact) mass is 431 g/mol. The molecule has 0 aliphatic carbocycles. The van der Waals surface area contributed by atoms with E-state index in [4.69, 9.17) is 9.47 Å². The Bertz CT molecular complexity index is 941. The zero-order valence-electron chi connectivity index (χ0n) is 17.5. The molecule has 0 aromatic carbocycles. The number of thioether (sulfide) groups is 1. The molecule has 30 heavy (non-hydrogen) atoms. The van der Waals surface area contributed by atoms with E-state index in [1.54, 1.807) is 13.8 Å². The third-order valence-corrected chi connectivity index (χ3v) is 6.14. The smallest absolute Gasteiger partial charge is 0.351 e. The minimum absolute atomic E-state index is 0.0200. The lowest BCUT2D eigenvalue weighted by molar-refractivity contribution is -0.137. The van der Waals surface area contributed by atoms with Gasteiger partial charge in [0.25, 0.3) is 0 Å². The highest BCUT2D eigenvalue weighted by Crippen LogP contribution is 2.39. The van der Waals surface area contributed by atoms with Crippen LogP contribution in [-0.4, -0.2) is 53.2 Å². The highest BCUT2D eigenvalue weighted by Gasteiger charge is 2.39. The van der Waals surface area contributed by atoms with Crippen LogP contribution in [0.3, 0.4) is 0 Å². The van der Waals surface area contributed by atoms with Crippen LogP contribution in [0.2, 0.25) is 0 Å². The molecule has 1 amide bonds. The van der Waals surface area contributed by atoms with Gasteiger partial charge in [0.15, 0.2) is 5.57 Å². The maximum Gasteiger partial charge on any atom is 0.351 e. The van der Waals surface area contributed by atoms with Gasteiger partial charge >= 0.3 is 11.9 Å². The fraction of sp³-hybridized carbons (Fsp3) is 0.429. The summed E-state index contributed by atoms with van der Waals surface area (Å²) in [5.74, 6) is -1.38. The summed E-state index contributed by atoms with van der Waals surface area (Å²) in [6, 6.07) is 1.87. The van der Waals surface area contributed by atoms with E-state index in [1.165, 1.54) is 29.8 Å². The average Bonchev–Trinajstić information content (AvgIpc) is 3.19. The van der Waals surface area contributed by atoms with Crippen LogP contribution >= 0.6 is 11.8 Å². The summed E-state index contributed by atoms with van der Waals surface area (Å²) >= 11 is 1.18. The van der Waals surface area contributed by atoms with Crippen LogP contribution in [0.4, 0.5) is 0 Å². The fourth-order valence-corrected chi connectivity index (χ4v) is 4.71. The number of rotatable bonds is 8. The molecule has 1 aromatic rings. The lowest BCUT2D eigenvalue weighted by Crippen LogP contribution is -2.29. The van der Waals surface area contributed by atoms with E-state index in [9.17, 15) is 19.6 Å². The zero-order valence-corrected chi connectivity index (χ0v) is 18.4. The maximum atomic E-state index is 12.9. The van der Waals surface area contributed by atoms with Crippen molar-refractivity contribution < 1.29 is 23.9 Å². The number of carbonyl (C=O) groups excluding carboxylic acids is 3. The number of esters is 2. The van der Waals surface area contributed by atoms with Gasteiger partial charge in [0.05, 0.1) is 17.9 Å². The van der Waals surface area contributed by atoms with Gasteiger partial charge in [0.1, 0.15) is 17.7 Å². The van der Waals surface area contributed by atoms with Crippen LogP contribution in [-0.2, 0) is 25.5 Å². The van der Waals surface area contributed by atoms with E-state index in [1.807, 2.05) is 13.0 Å². The Morgan fingerprint density at radius 2 is 2.07 bits per heavy atom. The SMILES string of the molecule is C=CCOC(=O)/C(C#N)=C1\SC(CCc2c(C)[nH]c(C)c2C(=O)OC)C(=O)N1CC. The summed E-state index contributed by atoms with van der Waals surface area (Å²) in [6.07, 6.45) is 2.31. The number of ether oxygens (including phenoxy) is 2. The number of hydrogen-bond donors (Lipinski definition) is 1. The molecule has 1 saturated heterocycles. The number of nitrogens with zero attached hydrogens (tertiary/aromatic N) is 2. The number of carbonyl (C=O) groups is 3. The molecule has 0 bridgehead atoms. The summed E-state index contributed by atoms with van der Waals surface area (Å²) < 4.78 is 9.86. The standard InChI is InChI=1S/C21H25N3O5S/c1-6-10-29-20(26)15(11-22)19-24(7-2)18(25)16(30-19)9-8-14-12(3)23-13(4)17(14)21(27)28-5/h6,16,23H,1,7-10H2,2-5H3/b19-15-. The summed E-state index contributed by atoms with van der Waals surface area (Å²) in [7, 11) is 1.33. The second-order valence-electron chi connectivity index (χ2n) is 6.63. The molecule has 1 fully saturated rings. The number of H-pyrrole nitrogens is 1. The molecular weight excluding hydrogens is 406 g/mol. The first kappa shape index (κ1) is 23.3. The molecule has 1 aliphatic heterocycles. The predicted octanol–water partition coefficient (Wildman–Crippen LogP) is 2.78. The molecule has 0 radical (unpaired) electrons. The Balaban J connectivity index is 2.27. The summed E-state index contributed by atoms with van der Waals surface area (Å²) in [5.41, 5.74) is 2.66. The third kappa shape index (κ3) is 4.60. The van der Waals surface area contributed by atoms with Gasteiger partial charge in [-0.25, -0.2) is 9.59 Å². The largest absolute Gasteiger partial charge is 0.465 e. The van der Waals surface area contributed by atoms with Gasteiger partial charge in [-0.1, -0.05) is 24.4 Å². The van der Waals surface area contributed by atoms with E-state index >= 15 is 0 Å². The van der Waals surface area contributed by atoms with Crippen molar-refractivity contribution >= 4 is 29.6 Å². The highest BCUT2D eigenvalue weighted by atomic mass is 32.2. The van der Waals surface area contributed by atoms with Gasteiger partial charge in [-0.2, -0.15) is 5.26 Å². The molecule has 2 heterocycles. The first-order valence-corrected chi connectivity index (χ1v) is 10.3. The molecule has 1 unspecified atom stereocenters. The summed E-state index contributed by atoms with van der Waals surface area (Å²) in [4.78, 5) is 41.8. The first-order chi connectivity index (χ1) is 14.3. The number of methoxy groups -OCH3 is 1. The van der Waals surface area contributed by atoms with Gasteiger partial charge in [-0.05, 0) is 39.2 Å². The summed E-state index contributed by atoms with van der Waals surface area (Å²) in [5, 5.41) is 9.30. The van der Waals surface area contributed by atoms with Crippen molar-refractivity contribution in [1.82, 2.24) is 9.88 Å². The van der Waals surface area contributed by atoms with E-state index in [0.29, 0.717) is 35.7 Å². The molecule has 8 nitrogen and oxygen atoms in total. The van der Waals surface area contributed by atoms with E-state index in [-0.39, 0.29) is 18.1 Å². The number of aromatic nitrogens is 1. The van der Waals surface area contributed by atoms with Gasteiger partial charge < -0.3 is 19.4 Å². The highest BCUT2D eigenvalue weighted by molar-refractivity contribution is 8.04. The molecule has 0 saturated carbocycles. The van der Waals surface area contributed by atoms with Crippen molar-refractivity contribution in [2.45, 2.75) is 38.9 Å². The van der Waals surface area contributed by atoms with Gasteiger partial charge in [-0.3, -0.25) is 4.79 Å². The fourth-order valence-electron chi connectivity index (χ4n) is 3.39. The lowest BCUT2D eigenvalue weighted by atomic mass is 10.0. The van der Waals surface area contributed by atoms with E-state index < -0.39 is 17.2 Å². The Morgan fingerprint density at radius 1 is 1.37 bits per heavy atom. The van der Waals surface area contributed by atoms with Crippen LogP contribution in [0.5, 0.6) is 0 Å². The van der Waals surface area contributed by atoms with Crippen LogP contribution in [0, 0.1) is 25.2 Å². The topological polar surface area (TPSA) is 112 Å².